The van der Waals surface area contributed by atoms with Crippen molar-refractivity contribution in [1.82, 2.24) is 16.0 Å². The highest BCUT2D eigenvalue weighted by atomic mass is 127. The smallest absolute Gasteiger partial charge is 0.241 e. The number of likely N-dealkylation sites (N-methyl/N-ethyl adjacent to an activating group) is 1. The quantitative estimate of drug-likeness (QED) is 0.249. The van der Waals surface area contributed by atoms with Crippen molar-refractivity contribution in [2.45, 2.75) is 20.8 Å². The highest BCUT2D eigenvalue weighted by Crippen LogP contribution is 1.76. The second-order valence-electron chi connectivity index (χ2n) is 3.27. The lowest BCUT2D eigenvalue weighted by Gasteiger charge is -2.10. The summed E-state index contributed by atoms with van der Waals surface area (Å²) in [5, 5.41) is 8.84. The summed E-state index contributed by atoms with van der Waals surface area (Å²) < 4.78 is 5.20. The first-order valence-electron chi connectivity index (χ1n) is 6.11. The molecule has 0 aromatic heterocycles. The van der Waals surface area contributed by atoms with Gasteiger partial charge in [0.2, 0.25) is 5.91 Å². The third-order valence-corrected chi connectivity index (χ3v) is 1.84. The Bertz CT molecular complexity index is 237. The molecular formula is C11H25IN4O2. The second-order valence-corrected chi connectivity index (χ2v) is 3.27. The summed E-state index contributed by atoms with van der Waals surface area (Å²) in [5.41, 5.74) is 0. The van der Waals surface area contributed by atoms with Crippen LogP contribution in [0.2, 0.25) is 0 Å². The van der Waals surface area contributed by atoms with E-state index in [0.29, 0.717) is 32.3 Å². The maximum Gasteiger partial charge on any atom is 0.241 e. The van der Waals surface area contributed by atoms with Crippen LogP contribution in [0.15, 0.2) is 4.99 Å². The Hall–Kier alpha value is -0.570. The van der Waals surface area contributed by atoms with Crippen LogP contribution in [0.5, 0.6) is 0 Å². The van der Waals surface area contributed by atoms with E-state index in [2.05, 4.69) is 20.9 Å². The van der Waals surface area contributed by atoms with Gasteiger partial charge in [-0.1, -0.05) is 0 Å². The topological polar surface area (TPSA) is 74.8 Å². The van der Waals surface area contributed by atoms with Gasteiger partial charge in [0.25, 0.3) is 0 Å². The molecule has 0 atom stereocenters. The predicted molar refractivity (Wildman–Crippen MR) is 84.6 cm³/mol. The highest BCUT2D eigenvalue weighted by Gasteiger charge is 2.00. The van der Waals surface area contributed by atoms with Crippen LogP contribution in [0.25, 0.3) is 0 Å². The van der Waals surface area contributed by atoms with Gasteiger partial charge < -0.3 is 20.7 Å². The second kappa shape index (κ2) is 14.5. The minimum absolute atomic E-state index is 0. The Labute approximate surface area is 126 Å². The van der Waals surface area contributed by atoms with Crippen molar-refractivity contribution < 1.29 is 9.53 Å². The summed E-state index contributed by atoms with van der Waals surface area (Å²) in [6, 6.07) is 0. The van der Waals surface area contributed by atoms with Gasteiger partial charge in [0.1, 0.15) is 6.54 Å². The average molecular weight is 372 g/mol. The molecule has 0 unspecified atom stereocenters. The summed E-state index contributed by atoms with van der Waals surface area (Å²) in [6.45, 7) is 9.34. The molecule has 0 aliphatic heterocycles. The first kappa shape index (κ1) is 19.8. The fraction of sp³-hybridized carbons (Fsp3) is 0.818. The summed E-state index contributed by atoms with van der Waals surface area (Å²) in [6.07, 6.45) is 0. The molecular weight excluding hydrogens is 347 g/mol. The lowest BCUT2D eigenvalue weighted by Crippen LogP contribution is -2.40. The third kappa shape index (κ3) is 11.9. The van der Waals surface area contributed by atoms with Gasteiger partial charge in [-0.25, -0.2) is 4.99 Å². The van der Waals surface area contributed by atoms with Crippen LogP contribution in [0.3, 0.4) is 0 Å². The number of hydrogen-bond acceptors (Lipinski definition) is 3. The van der Waals surface area contributed by atoms with Gasteiger partial charge in [-0.15, -0.1) is 24.0 Å². The Morgan fingerprint density at radius 1 is 1.11 bits per heavy atom. The molecule has 0 rings (SSSR count). The molecule has 0 spiro atoms. The number of nitrogens with zero attached hydrogens (tertiary/aromatic N) is 1. The van der Waals surface area contributed by atoms with E-state index in [1.54, 1.807) is 0 Å². The summed E-state index contributed by atoms with van der Waals surface area (Å²) in [4.78, 5) is 15.4. The van der Waals surface area contributed by atoms with Crippen molar-refractivity contribution in [3.05, 3.63) is 0 Å². The van der Waals surface area contributed by atoms with Gasteiger partial charge in [0, 0.05) is 26.2 Å². The number of carbonyl (C=O) groups excluding carboxylic acids is 1. The maximum absolute atomic E-state index is 11.2. The summed E-state index contributed by atoms with van der Waals surface area (Å²) in [5.74, 6) is 0.563. The number of carbonyl (C=O) groups is 1. The molecule has 108 valence electrons. The van der Waals surface area contributed by atoms with Crippen LogP contribution in [0.1, 0.15) is 20.8 Å². The van der Waals surface area contributed by atoms with Gasteiger partial charge in [0.05, 0.1) is 6.61 Å². The standard InChI is InChI=1S/C11H24N4O2.HI/c1-4-12-10(16)9-15-11(13-5-2)14-7-8-17-6-3;/h4-9H2,1-3H3,(H,12,16)(H2,13,14,15);1H. The van der Waals surface area contributed by atoms with E-state index >= 15 is 0 Å². The molecule has 0 saturated carbocycles. The molecule has 18 heavy (non-hydrogen) atoms. The number of guanidine groups is 1. The van der Waals surface area contributed by atoms with E-state index in [1.807, 2.05) is 20.8 Å². The molecule has 0 aromatic rings. The zero-order valence-corrected chi connectivity index (χ0v) is 13.7. The molecule has 7 heteroatoms. The Morgan fingerprint density at radius 3 is 2.33 bits per heavy atom. The Balaban J connectivity index is 0. The zero-order chi connectivity index (χ0) is 12.9. The van der Waals surface area contributed by atoms with Gasteiger partial charge in [-0.05, 0) is 20.8 Å². The van der Waals surface area contributed by atoms with E-state index in [9.17, 15) is 4.79 Å². The average Bonchev–Trinajstić information content (AvgIpc) is 2.32. The fourth-order valence-corrected chi connectivity index (χ4v) is 1.13. The van der Waals surface area contributed by atoms with Crippen molar-refractivity contribution in [2.75, 3.05) is 39.4 Å². The molecule has 6 nitrogen and oxygen atoms in total. The molecule has 0 fully saturated rings. The Morgan fingerprint density at radius 2 is 1.78 bits per heavy atom. The molecule has 0 aliphatic rings. The lowest BCUT2D eigenvalue weighted by molar-refractivity contribution is -0.119. The van der Waals surface area contributed by atoms with Crippen LogP contribution in [-0.4, -0.2) is 51.3 Å². The molecule has 0 aliphatic carbocycles. The number of halogens is 1. The van der Waals surface area contributed by atoms with E-state index in [-0.39, 0.29) is 36.4 Å². The normalized spacial score (nSPS) is 10.5. The van der Waals surface area contributed by atoms with Crippen LogP contribution in [0, 0.1) is 0 Å². The van der Waals surface area contributed by atoms with Crippen molar-refractivity contribution in [2.24, 2.45) is 4.99 Å². The SMILES string of the molecule is CCNC(=O)CN=C(NCC)NCCOCC.I. The molecule has 0 saturated heterocycles. The minimum atomic E-state index is -0.0745. The summed E-state index contributed by atoms with van der Waals surface area (Å²) in [7, 11) is 0. The van der Waals surface area contributed by atoms with Gasteiger partial charge in [-0.3, -0.25) is 4.79 Å². The number of aliphatic imine (C=N–C) groups is 1. The summed E-state index contributed by atoms with van der Waals surface area (Å²) >= 11 is 0. The molecule has 1 amide bonds. The van der Waals surface area contributed by atoms with E-state index in [4.69, 9.17) is 4.74 Å². The van der Waals surface area contributed by atoms with Gasteiger partial charge in [0.15, 0.2) is 5.96 Å². The van der Waals surface area contributed by atoms with Gasteiger partial charge >= 0.3 is 0 Å². The lowest BCUT2D eigenvalue weighted by atomic mass is 10.5. The van der Waals surface area contributed by atoms with Crippen LogP contribution < -0.4 is 16.0 Å². The van der Waals surface area contributed by atoms with Crippen molar-refractivity contribution in [3.63, 3.8) is 0 Å². The zero-order valence-electron chi connectivity index (χ0n) is 11.4. The highest BCUT2D eigenvalue weighted by molar-refractivity contribution is 14.0. The molecule has 0 aromatic carbocycles. The van der Waals surface area contributed by atoms with E-state index < -0.39 is 0 Å². The largest absolute Gasteiger partial charge is 0.380 e. The molecule has 0 bridgehead atoms. The third-order valence-electron chi connectivity index (χ3n) is 1.84. The van der Waals surface area contributed by atoms with Crippen LogP contribution in [0.4, 0.5) is 0 Å². The first-order valence-corrected chi connectivity index (χ1v) is 6.11. The molecule has 3 N–H and O–H groups in total. The maximum atomic E-state index is 11.2. The first-order chi connectivity index (χ1) is 8.24. The number of amides is 1. The van der Waals surface area contributed by atoms with Crippen molar-refractivity contribution >= 4 is 35.8 Å². The van der Waals surface area contributed by atoms with E-state index in [0.717, 1.165) is 6.54 Å². The number of hydrogen-bond donors (Lipinski definition) is 3. The number of ether oxygens (including phenoxy) is 1. The Kier molecular flexibility index (Phi) is 15.9. The number of rotatable bonds is 8. The van der Waals surface area contributed by atoms with Crippen molar-refractivity contribution in [1.29, 1.82) is 0 Å². The van der Waals surface area contributed by atoms with Crippen LogP contribution in [-0.2, 0) is 9.53 Å². The van der Waals surface area contributed by atoms with E-state index in [1.165, 1.54) is 0 Å². The predicted octanol–water partition coefficient (Wildman–Crippen LogP) is 0.332. The minimum Gasteiger partial charge on any atom is -0.380 e. The monoisotopic (exact) mass is 372 g/mol. The number of nitrogens with one attached hydrogen (secondary N) is 3. The molecule has 0 heterocycles. The fourth-order valence-electron chi connectivity index (χ4n) is 1.13. The molecule has 0 radical (unpaired) electrons. The van der Waals surface area contributed by atoms with Gasteiger partial charge in [-0.2, -0.15) is 0 Å². The van der Waals surface area contributed by atoms with Crippen LogP contribution >= 0.6 is 24.0 Å². The van der Waals surface area contributed by atoms with Crippen molar-refractivity contribution in [3.8, 4) is 0 Å².